The van der Waals surface area contributed by atoms with E-state index in [1.54, 1.807) is 79.7 Å². The Morgan fingerprint density at radius 2 is 1.40 bits per heavy atom. The van der Waals surface area contributed by atoms with Gasteiger partial charge in [0.15, 0.2) is 7.20 Å². The first-order valence-electron chi connectivity index (χ1n) is 16.4. The lowest BCUT2D eigenvalue weighted by atomic mass is 9.95. The highest BCUT2D eigenvalue weighted by molar-refractivity contribution is 7.88. The number of aromatic hydroxyl groups is 1. The second-order valence-corrected chi connectivity index (χ2v) is 13.1. The van der Waals surface area contributed by atoms with Gasteiger partial charge >= 0.3 is 0 Å². The molecule has 0 bridgehead atoms. The average molecular weight is 684 g/mol. The van der Waals surface area contributed by atoms with Gasteiger partial charge in [0.05, 0.1) is 18.6 Å². The van der Waals surface area contributed by atoms with Crippen molar-refractivity contribution in [1.29, 1.82) is 0 Å². The largest absolute Gasteiger partial charge is 0.508 e. The number of amides is 3. The number of Topliss-reactive ketones (excluding diaryl/α,β-unsaturated/α-hetero) is 1. The Morgan fingerprint density at radius 1 is 0.854 bits per heavy atom. The van der Waals surface area contributed by atoms with Crippen molar-refractivity contribution in [3.05, 3.63) is 102 Å². The Kier molecular flexibility index (Phi) is 12.7. The van der Waals surface area contributed by atoms with Crippen LogP contribution in [0.4, 0.5) is 0 Å². The first kappa shape index (κ1) is 34.7. The molecular weight excluding hydrogens is 638 g/mol. The van der Waals surface area contributed by atoms with Crippen molar-refractivity contribution in [1.82, 2.24) is 15.9 Å². The van der Waals surface area contributed by atoms with E-state index < -0.39 is 69.6 Å². The number of ketones is 1. The molecule has 258 valence electrons. The maximum absolute atomic E-state index is 13.7. The van der Waals surface area contributed by atoms with Crippen LogP contribution in [-0.4, -0.2) is 71.1 Å². The van der Waals surface area contributed by atoms with Crippen LogP contribution < -0.4 is 27.4 Å². The number of carbonyl (C=O) groups is 4. The number of phenolic OH excluding ortho intramolecular Hbond substituents is 1. The summed E-state index contributed by atoms with van der Waals surface area (Å²) in [6.45, 7) is 0.917. The molecule has 13 nitrogen and oxygen atoms in total. The SMILES string of the molecule is [2H]N[C@@H](Cc1ccc(O)cc1)C(=O)N[C@@H](Cc1ccccc1)C(=O)NCC(=O)N([2H])[C@@H](Cc1ccccc1)C(=O)C(N)(CCCC)S(=O)(=O)O. The second kappa shape index (κ2) is 17.5. The molecule has 4 atom stereocenters. The molecule has 0 saturated carbocycles. The highest BCUT2D eigenvalue weighted by atomic mass is 32.2. The van der Waals surface area contributed by atoms with Gasteiger partial charge in [-0.25, -0.2) is 0 Å². The van der Waals surface area contributed by atoms with Crippen LogP contribution in [-0.2, 0) is 48.6 Å². The van der Waals surface area contributed by atoms with E-state index in [1.165, 1.54) is 12.1 Å². The Hall–Kier alpha value is -4.63. The number of hydrogen-bond donors (Lipinski definition) is 7. The standard InChI is InChI=1S/C34H43N5O8S/c1-2-3-18-34(36,48(45,46)47)31(42)28(20-23-10-6-4-7-11-23)38-30(41)22-37-33(44)29(21-24-12-8-5-9-13-24)39-32(43)27(35)19-25-14-16-26(40)17-15-25/h4-17,27-29,40H,2-3,18-22,35-36H2,1H3,(H,37,44)(H,38,41)(H,39,43)(H,45,46,47)/t27-,28-,29-,34?/m0/s1/i/hD2. The van der Waals surface area contributed by atoms with Crippen LogP contribution in [0.25, 0.3) is 0 Å². The van der Waals surface area contributed by atoms with Gasteiger partial charge in [0, 0.05) is 6.42 Å². The highest BCUT2D eigenvalue weighted by Gasteiger charge is 2.49. The summed E-state index contributed by atoms with van der Waals surface area (Å²) in [6.07, 6.45) is -0.106. The lowest BCUT2D eigenvalue weighted by molar-refractivity contribution is -0.132. The Morgan fingerprint density at radius 3 is 1.92 bits per heavy atom. The molecule has 14 heteroatoms. The Balaban J connectivity index is 1.81. The lowest BCUT2D eigenvalue weighted by Gasteiger charge is -2.29. The molecule has 0 radical (unpaired) electrons. The zero-order valence-electron chi connectivity index (χ0n) is 28.5. The van der Waals surface area contributed by atoms with Gasteiger partial charge in [-0.2, -0.15) is 8.42 Å². The normalized spacial score (nSPS) is 15.1. The van der Waals surface area contributed by atoms with E-state index >= 15 is 0 Å². The molecule has 1 unspecified atom stereocenters. The lowest BCUT2D eigenvalue weighted by Crippen LogP contribution is -2.62. The number of unbranched alkanes of at least 4 members (excludes halogenated alkanes) is 1. The topological polar surface area (TPSA) is 231 Å². The van der Waals surface area contributed by atoms with Crippen LogP contribution in [0.1, 0.15) is 42.9 Å². The molecule has 0 spiro atoms. The summed E-state index contributed by atoms with van der Waals surface area (Å²) in [5.41, 5.74) is 9.97. The van der Waals surface area contributed by atoms with Crippen molar-refractivity contribution in [2.45, 2.75) is 68.4 Å². The molecule has 3 rings (SSSR count). The number of hydrogen-bond acceptors (Lipinski definition) is 9. The van der Waals surface area contributed by atoms with E-state index in [0.717, 1.165) is 0 Å². The predicted molar refractivity (Wildman–Crippen MR) is 180 cm³/mol. The number of benzene rings is 3. The summed E-state index contributed by atoms with van der Waals surface area (Å²) in [4.78, 5) is 51.0. The molecule has 0 aliphatic rings. The summed E-state index contributed by atoms with van der Waals surface area (Å²) < 4.78 is 51.1. The maximum Gasteiger partial charge on any atom is 0.291 e. The molecule has 0 heterocycles. The van der Waals surface area contributed by atoms with E-state index in [2.05, 4.69) is 16.4 Å². The summed E-state index contributed by atoms with van der Waals surface area (Å²) >= 11 is 0. The first-order chi connectivity index (χ1) is 23.7. The van der Waals surface area contributed by atoms with E-state index in [0.29, 0.717) is 23.1 Å². The van der Waals surface area contributed by atoms with Gasteiger partial charge in [-0.1, -0.05) is 92.6 Å². The molecule has 0 fully saturated rings. The quantitative estimate of drug-likeness (QED) is 0.0891. The third-order valence-electron chi connectivity index (χ3n) is 7.68. The predicted octanol–water partition coefficient (Wildman–Crippen LogP) is 1.14. The van der Waals surface area contributed by atoms with Gasteiger partial charge in [0.2, 0.25) is 22.6 Å². The van der Waals surface area contributed by atoms with Crippen LogP contribution in [0.3, 0.4) is 0 Å². The van der Waals surface area contributed by atoms with E-state index in [1.807, 2.05) is 0 Å². The van der Waals surface area contributed by atoms with E-state index in [4.69, 9.17) is 8.56 Å². The fourth-order valence-corrected chi connectivity index (χ4v) is 5.72. The minimum atomic E-state index is -5.17. The van der Waals surface area contributed by atoms with Crippen LogP contribution >= 0.6 is 0 Å². The fraction of sp³-hybridized carbons (Fsp3) is 0.353. The maximum atomic E-state index is 13.7. The number of phenols is 1. The molecule has 48 heavy (non-hydrogen) atoms. The summed E-state index contributed by atoms with van der Waals surface area (Å²) in [5.74, 6) is -3.82. The second-order valence-electron chi connectivity index (χ2n) is 11.5. The van der Waals surface area contributed by atoms with Gasteiger partial charge in [0.1, 0.15) is 13.2 Å². The summed E-state index contributed by atoms with van der Waals surface area (Å²) in [5, 5.41) is 14.8. The van der Waals surface area contributed by atoms with Crippen molar-refractivity contribution in [2.24, 2.45) is 11.5 Å². The van der Waals surface area contributed by atoms with Crippen LogP contribution in [0.15, 0.2) is 84.9 Å². The molecule has 0 aliphatic heterocycles. The molecule has 0 aromatic heterocycles. The van der Waals surface area contributed by atoms with Crippen molar-refractivity contribution < 1.29 is 40.1 Å². The van der Waals surface area contributed by atoms with E-state index in [9.17, 15) is 37.3 Å². The zero-order chi connectivity index (χ0) is 36.9. The van der Waals surface area contributed by atoms with E-state index in [-0.39, 0.29) is 36.7 Å². The van der Waals surface area contributed by atoms with Crippen LogP contribution in [0.2, 0.25) is 2.82 Å². The molecular formula is C34H43N5O8S. The minimum absolute atomic E-state index is 0.00226. The van der Waals surface area contributed by atoms with Crippen LogP contribution in [0.5, 0.6) is 5.75 Å². The first-order valence-corrected chi connectivity index (χ1v) is 16.9. The number of nitrogens with one attached hydrogen (secondary N) is 3. The van der Waals surface area contributed by atoms with Crippen molar-refractivity contribution in [3.63, 3.8) is 0 Å². The van der Waals surface area contributed by atoms with Crippen molar-refractivity contribution in [3.8, 4) is 5.75 Å². The molecule has 3 amide bonds. The smallest absolute Gasteiger partial charge is 0.291 e. The number of nitrogens with two attached hydrogens (primary N) is 2. The fourth-order valence-electron chi connectivity index (χ4n) is 4.93. The molecule has 3 aromatic carbocycles. The third-order valence-corrected chi connectivity index (χ3v) is 9.00. The van der Waals surface area contributed by atoms with Crippen molar-refractivity contribution in [2.75, 3.05) is 6.54 Å². The number of carbonyl (C=O) groups excluding carboxylic acids is 4. The number of rotatable bonds is 19. The van der Waals surface area contributed by atoms with Crippen molar-refractivity contribution >= 4 is 33.6 Å². The molecule has 9 N–H and O–H groups in total. The summed E-state index contributed by atoms with van der Waals surface area (Å²) in [6, 6.07) is 18.9. The van der Waals surface area contributed by atoms with Gasteiger partial charge in [-0.15, -0.1) is 0 Å². The summed E-state index contributed by atoms with van der Waals surface area (Å²) in [7, 11) is -5.17. The Bertz CT molecular complexity index is 1700. The average Bonchev–Trinajstić information content (AvgIpc) is 3.10. The third kappa shape index (κ3) is 11.0. The zero-order valence-corrected chi connectivity index (χ0v) is 27.4. The molecule has 0 aliphatic carbocycles. The Labute approximate surface area is 283 Å². The highest BCUT2D eigenvalue weighted by Crippen LogP contribution is 2.22. The minimum Gasteiger partial charge on any atom is -0.508 e. The van der Waals surface area contributed by atoms with Crippen LogP contribution in [0, 0.1) is 0 Å². The monoisotopic (exact) mass is 683 g/mol. The molecule has 3 aromatic rings. The van der Waals surface area contributed by atoms with Gasteiger partial charge in [-0.05, 0) is 48.1 Å². The van der Waals surface area contributed by atoms with Gasteiger partial charge in [0.25, 0.3) is 10.1 Å². The molecule has 0 saturated heterocycles. The van der Waals surface area contributed by atoms with Gasteiger partial charge in [-0.3, -0.25) is 23.7 Å². The van der Waals surface area contributed by atoms with Gasteiger partial charge < -0.3 is 32.5 Å².